The van der Waals surface area contributed by atoms with Crippen molar-refractivity contribution in [2.45, 2.75) is 73.3 Å². The summed E-state index contributed by atoms with van der Waals surface area (Å²) in [4.78, 5) is 28.9. The fourth-order valence-corrected chi connectivity index (χ4v) is 6.55. The highest BCUT2D eigenvalue weighted by molar-refractivity contribution is 5.81. The second-order valence-electron chi connectivity index (χ2n) is 11.2. The summed E-state index contributed by atoms with van der Waals surface area (Å²) in [5, 5.41) is 13.6. The smallest absolute Gasteiger partial charge is 0.402 e. The Labute approximate surface area is 230 Å². The molecule has 1 saturated carbocycles. The molecular formula is C30H41N5O4. The predicted octanol–water partition coefficient (Wildman–Crippen LogP) is 7.66. The van der Waals surface area contributed by atoms with Crippen LogP contribution in [0.3, 0.4) is 0 Å². The van der Waals surface area contributed by atoms with Gasteiger partial charge in [0.2, 0.25) is 5.88 Å². The van der Waals surface area contributed by atoms with Gasteiger partial charge in [-0.2, -0.15) is 0 Å². The summed E-state index contributed by atoms with van der Waals surface area (Å²) >= 11 is 0. The topological polar surface area (TPSA) is 96.5 Å². The number of nitrogens with zero attached hydrogens (tertiary/aromatic N) is 4. The van der Waals surface area contributed by atoms with E-state index in [1.165, 1.54) is 0 Å². The van der Waals surface area contributed by atoms with Crippen molar-refractivity contribution in [1.29, 1.82) is 0 Å². The van der Waals surface area contributed by atoms with Gasteiger partial charge in [0.25, 0.3) is 5.69 Å². The summed E-state index contributed by atoms with van der Waals surface area (Å²) in [5.41, 5.74) is 2.90. The maximum Gasteiger partial charge on any atom is 0.415 e. The van der Waals surface area contributed by atoms with Gasteiger partial charge in [-0.05, 0) is 61.8 Å². The van der Waals surface area contributed by atoms with Crippen LogP contribution in [0.1, 0.15) is 77.5 Å². The Kier molecular flexibility index (Phi) is 8.98. The summed E-state index contributed by atoms with van der Waals surface area (Å²) in [6.45, 7) is 21.8. The standard InChI is InChI=1S/C30H41N5O4/c1-8-14-34(15-9-2)30(36)38-29-25(31-7)24(26(39-37)23-20(5)16-18(3)17-21(23)6)28-32-27(33-35(28)29)22-13-11-10-12-19(22)4/h10-13,18,20-21,23,26,37H,8-9,14-17H2,1-6H3,(H,32,33). The molecule has 0 bridgehead atoms. The van der Waals surface area contributed by atoms with E-state index in [-0.39, 0.29) is 29.3 Å². The number of carbonyl (C=O) groups is 1. The zero-order valence-electron chi connectivity index (χ0n) is 23.9. The number of carbonyl (C=O) groups excluding carboxylic acids is 1. The van der Waals surface area contributed by atoms with Crippen molar-refractivity contribution in [2.75, 3.05) is 13.1 Å². The molecule has 1 amide bonds. The lowest BCUT2D eigenvalue weighted by Gasteiger charge is -2.41. The van der Waals surface area contributed by atoms with E-state index in [9.17, 15) is 10.1 Å². The molecule has 2 aromatic heterocycles. The van der Waals surface area contributed by atoms with Gasteiger partial charge in [-0.3, -0.25) is 10.4 Å². The second kappa shape index (κ2) is 12.2. The van der Waals surface area contributed by atoms with Crippen LogP contribution in [-0.2, 0) is 4.89 Å². The fraction of sp³-hybridized carbons (Fsp3) is 0.567. The zero-order valence-corrected chi connectivity index (χ0v) is 23.9. The number of fused-ring (bicyclic) bond motifs is 1. The van der Waals surface area contributed by atoms with Crippen LogP contribution in [0.15, 0.2) is 24.3 Å². The van der Waals surface area contributed by atoms with Gasteiger partial charge in [-0.1, -0.05) is 58.9 Å². The lowest BCUT2D eigenvalue weighted by Crippen LogP contribution is -2.35. The number of hydrogen-bond donors (Lipinski definition) is 2. The number of ether oxygens (including phenoxy) is 1. The average Bonchev–Trinajstić information content (AvgIpc) is 3.43. The third-order valence-corrected chi connectivity index (χ3v) is 8.10. The molecule has 3 aromatic rings. The summed E-state index contributed by atoms with van der Waals surface area (Å²) in [7, 11) is 0. The van der Waals surface area contributed by atoms with Crippen LogP contribution in [0, 0.1) is 37.2 Å². The molecule has 3 atom stereocenters. The fourth-order valence-electron chi connectivity index (χ4n) is 6.55. The maximum absolute atomic E-state index is 13.3. The molecule has 4 rings (SSSR count). The first-order valence-electron chi connectivity index (χ1n) is 14.1. The normalized spacial score (nSPS) is 22.0. The SMILES string of the molecule is [C-]#[N+]c1c(C(OO)C2C(C)CC(C)CC2C)c2nc(-c3ccccc3C)[nH]n2c1OC(=O)N(CCC)CCC. The minimum absolute atomic E-state index is 0.0447. The molecule has 1 fully saturated rings. The van der Waals surface area contributed by atoms with Crippen LogP contribution in [0.5, 0.6) is 5.88 Å². The Hall–Kier alpha value is -3.35. The van der Waals surface area contributed by atoms with Gasteiger partial charge in [-0.15, -0.1) is 0 Å². The first-order valence-corrected chi connectivity index (χ1v) is 14.1. The van der Waals surface area contributed by atoms with E-state index in [1.807, 2.05) is 45.0 Å². The van der Waals surface area contributed by atoms with Crippen LogP contribution in [0.25, 0.3) is 21.9 Å². The molecule has 0 saturated heterocycles. The molecule has 9 nitrogen and oxygen atoms in total. The molecule has 0 radical (unpaired) electrons. The predicted molar refractivity (Wildman–Crippen MR) is 151 cm³/mol. The van der Waals surface area contributed by atoms with Crippen molar-refractivity contribution in [3.63, 3.8) is 0 Å². The third kappa shape index (κ3) is 5.54. The summed E-state index contributed by atoms with van der Waals surface area (Å²) < 4.78 is 7.52. The number of aryl methyl sites for hydroxylation is 1. The Morgan fingerprint density at radius 1 is 1.21 bits per heavy atom. The Morgan fingerprint density at radius 3 is 2.41 bits per heavy atom. The second-order valence-corrected chi connectivity index (χ2v) is 11.2. The molecule has 39 heavy (non-hydrogen) atoms. The first kappa shape index (κ1) is 28.7. The number of hydrogen-bond acceptors (Lipinski definition) is 5. The first-order chi connectivity index (χ1) is 18.7. The van der Waals surface area contributed by atoms with Gasteiger partial charge < -0.3 is 9.64 Å². The van der Waals surface area contributed by atoms with Crippen molar-refractivity contribution in [1.82, 2.24) is 19.5 Å². The Bertz CT molecular complexity index is 1320. The van der Waals surface area contributed by atoms with E-state index < -0.39 is 12.2 Å². The highest BCUT2D eigenvalue weighted by Crippen LogP contribution is 2.51. The molecular weight excluding hydrogens is 494 g/mol. The van der Waals surface area contributed by atoms with E-state index in [2.05, 4.69) is 30.7 Å². The number of aromatic amines is 1. The highest BCUT2D eigenvalue weighted by Gasteiger charge is 2.42. The Balaban J connectivity index is 1.91. The van der Waals surface area contributed by atoms with Crippen molar-refractivity contribution >= 4 is 17.4 Å². The van der Waals surface area contributed by atoms with Crippen LogP contribution in [0.2, 0.25) is 0 Å². The quantitative estimate of drug-likeness (QED) is 0.167. The lowest BCUT2D eigenvalue weighted by atomic mass is 9.66. The number of amides is 1. The average molecular weight is 536 g/mol. The van der Waals surface area contributed by atoms with E-state index in [0.717, 1.165) is 36.8 Å². The number of H-pyrrole nitrogens is 1. The highest BCUT2D eigenvalue weighted by atomic mass is 17.1. The number of benzene rings is 1. The van der Waals surface area contributed by atoms with Gasteiger partial charge in [-0.25, -0.2) is 24.0 Å². The molecule has 0 aliphatic heterocycles. The molecule has 3 unspecified atom stereocenters. The van der Waals surface area contributed by atoms with Crippen LogP contribution in [-0.4, -0.2) is 43.9 Å². The molecule has 9 heteroatoms. The van der Waals surface area contributed by atoms with E-state index in [4.69, 9.17) is 21.2 Å². The van der Waals surface area contributed by atoms with Crippen molar-refractivity contribution in [3.8, 4) is 17.3 Å². The van der Waals surface area contributed by atoms with Gasteiger partial charge in [0.05, 0.1) is 6.57 Å². The van der Waals surface area contributed by atoms with E-state index in [0.29, 0.717) is 36.0 Å². The molecule has 0 spiro atoms. The molecule has 1 aliphatic rings. The van der Waals surface area contributed by atoms with Crippen molar-refractivity contribution in [3.05, 3.63) is 46.8 Å². The van der Waals surface area contributed by atoms with Crippen LogP contribution >= 0.6 is 0 Å². The summed E-state index contributed by atoms with van der Waals surface area (Å²) in [5.74, 6) is 1.66. The summed E-state index contributed by atoms with van der Waals surface area (Å²) in [6, 6.07) is 7.86. The largest absolute Gasteiger partial charge is 0.415 e. The number of rotatable bonds is 9. The van der Waals surface area contributed by atoms with Gasteiger partial charge in [0.15, 0.2) is 11.5 Å². The molecule has 1 aliphatic carbocycles. The third-order valence-electron chi connectivity index (χ3n) is 8.10. The maximum atomic E-state index is 13.3. The number of aromatic nitrogens is 3. The summed E-state index contributed by atoms with van der Waals surface area (Å²) in [6.07, 6.45) is 2.26. The van der Waals surface area contributed by atoms with Crippen molar-refractivity contribution < 1.29 is 19.7 Å². The molecule has 210 valence electrons. The van der Waals surface area contributed by atoms with Gasteiger partial charge in [0, 0.05) is 24.2 Å². The zero-order chi connectivity index (χ0) is 28.3. The number of nitrogens with one attached hydrogen (secondary N) is 1. The minimum Gasteiger partial charge on any atom is -0.402 e. The van der Waals surface area contributed by atoms with Crippen LogP contribution < -0.4 is 4.74 Å². The van der Waals surface area contributed by atoms with Crippen molar-refractivity contribution in [2.24, 2.45) is 23.7 Å². The van der Waals surface area contributed by atoms with Gasteiger partial charge in [0.1, 0.15) is 6.10 Å². The van der Waals surface area contributed by atoms with E-state index in [1.54, 1.807) is 9.42 Å². The Morgan fingerprint density at radius 2 is 1.85 bits per heavy atom. The molecule has 1 aromatic carbocycles. The monoisotopic (exact) mass is 535 g/mol. The van der Waals surface area contributed by atoms with E-state index >= 15 is 0 Å². The van der Waals surface area contributed by atoms with Gasteiger partial charge >= 0.3 is 6.09 Å². The molecule has 2 heterocycles. The van der Waals surface area contributed by atoms with Crippen LogP contribution in [0.4, 0.5) is 10.5 Å². The lowest BCUT2D eigenvalue weighted by molar-refractivity contribution is -0.302. The molecule has 2 N–H and O–H groups in total. The minimum atomic E-state index is -0.801.